The number of fused-ring (bicyclic) bond motifs is 5. The van der Waals surface area contributed by atoms with Crippen molar-refractivity contribution < 1.29 is 32.2 Å². The average molecular weight is 1290 g/mol. The number of halogens is 2. The maximum absolute atomic E-state index is 14.2. The predicted molar refractivity (Wildman–Crippen MR) is 374 cm³/mol. The Morgan fingerprint density at radius 2 is 0.806 bits per heavy atom. The molecule has 0 unspecified atom stereocenters. The normalized spacial score (nSPS) is 10.7. The molecule has 0 fully saturated rings. The third kappa shape index (κ3) is 12.9. The van der Waals surface area contributed by atoms with Crippen molar-refractivity contribution in [3.05, 3.63) is 298 Å². The number of aromatic nitrogens is 10. The van der Waals surface area contributed by atoms with Gasteiger partial charge in [0.2, 0.25) is 36.1 Å². The summed E-state index contributed by atoms with van der Waals surface area (Å²) in [5.74, 6) is -1.11. The Balaban J connectivity index is 0.000000124. The largest absolute Gasteiger partial charge is 0.274 e. The van der Waals surface area contributed by atoms with Crippen LogP contribution in [0.2, 0.25) is 0 Å². The first-order valence-electron chi connectivity index (χ1n) is 31.5. The van der Waals surface area contributed by atoms with Crippen LogP contribution in [0.5, 0.6) is 0 Å². The zero-order valence-corrected chi connectivity index (χ0v) is 56.3. The molecule has 0 amide bonds. The summed E-state index contributed by atoms with van der Waals surface area (Å²) in [6.07, 6.45) is 8.29. The fourth-order valence-electron chi connectivity index (χ4n) is 12.8. The predicted octanol–water partition coefficient (Wildman–Crippen LogP) is 13.8. The number of benzene rings is 10. The van der Waals surface area contributed by atoms with Crippen LogP contribution in [-0.2, 0) is 35.2 Å². The second-order valence-corrected chi connectivity index (χ2v) is 24.0. The van der Waals surface area contributed by atoms with E-state index in [1.54, 1.807) is 17.7 Å². The Labute approximate surface area is 567 Å². The van der Waals surface area contributed by atoms with E-state index in [4.69, 9.17) is 15.8 Å². The highest BCUT2D eigenvalue weighted by molar-refractivity contribution is 5.83. The number of nitriles is 5. The maximum Gasteiger partial charge on any atom is 0.274 e. The van der Waals surface area contributed by atoms with Gasteiger partial charge in [0.05, 0.1) is 85.7 Å². The van der Waals surface area contributed by atoms with Gasteiger partial charge in [0, 0.05) is 17.7 Å². The number of hydrogen-bond donors (Lipinski definition) is 0. The highest BCUT2D eigenvalue weighted by atomic mass is 19.1. The summed E-state index contributed by atoms with van der Waals surface area (Å²) >= 11 is 0. The average Bonchev–Trinajstić information content (AvgIpc) is 1.60. The van der Waals surface area contributed by atoms with Gasteiger partial charge in [-0.25, -0.2) is 4.39 Å². The fourth-order valence-corrected chi connectivity index (χ4v) is 12.8. The Morgan fingerprint density at radius 3 is 1.32 bits per heavy atom. The molecule has 0 radical (unpaired) electrons. The third-order valence-electron chi connectivity index (χ3n) is 17.4. The van der Waals surface area contributed by atoms with Gasteiger partial charge in [-0.05, 0) is 173 Å². The van der Waals surface area contributed by atoms with Gasteiger partial charge in [-0.15, -0.1) is 37.5 Å². The zero-order chi connectivity index (χ0) is 69.6. The van der Waals surface area contributed by atoms with Crippen molar-refractivity contribution in [2.45, 2.75) is 41.5 Å². The minimum absolute atomic E-state index is 0.387. The molecule has 15 nitrogen and oxygen atoms in total. The van der Waals surface area contributed by atoms with Gasteiger partial charge < -0.3 is 0 Å². The SMILES string of the molecule is Cc1cc(C#N)cc(C#N)c1-n1c2ccccc2c[n+]1C.Cc1cc(C#N)ccc1-n1c2ccccc2c[n+]1C.Cc1cc(F)cc(F)c1-[n+]1c2ccccc2c(C)n1C.Cc1ccc(C#N)cc1-n1c2ccccc2c[n+]1C.Cc1cccc(C#N)c1-n1c2ccccc2c[n+]1C. The van der Waals surface area contributed by atoms with Crippen molar-refractivity contribution in [1.29, 1.82) is 26.3 Å². The molecule has 0 aliphatic rings. The van der Waals surface area contributed by atoms with Crippen LogP contribution in [0.15, 0.2) is 225 Å². The van der Waals surface area contributed by atoms with Crippen LogP contribution in [0.4, 0.5) is 8.78 Å². The van der Waals surface area contributed by atoms with E-state index in [0.717, 1.165) is 101 Å². The van der Waals surface area contributed by atoms with Crippen LogP contribution in [0.3, 0.4) is 0 Å². The number of hydrogen-bond acceptors (Lipinski definition) is 5. The van der Waals surface area contributed by atoms with E-state index in [9.17, 15) is 19.3 Å². The zero-order valence-electron chi connectivity index (χ0n) is 56.3. The van der Waals surface area contributed by atoms with Gasteiger partial charge in [0.15, 0.2) is 28.2 Å². The van der Waals surface area contributed by atoms with E-state index >= 15 is 0 Å². The van der Waals surface area contributed by atoms with Crippen molar-refractivity contribution in [1.82, 2.24) is 23.4 Å². The highest BCUT2D eigenvalue weighted by Crippen LogP contribution is 2.28. The molecular formula is C81H70F2N15+5. The van der Waals surface area contributed by atoms with Gasteiger partial charge in [0.1, 0.15) is 62.8 Å². The van der Waals surface area contributed by atoms with Gasteiger partial charge in [-0.1, -0.05) is 83.5 Å². The summed E-state index contributed by atoms with van der Waals surface area (Å²) in [7, 11) is 9.85. The molecule has 15 rings (SSSR count). The summed E-state index contributed by atoms with van der Waals surface area (Å²) in [6.45, 7) is 11.7. The smallest absolute Gasteiger partial charge is 0.207 e. The fraction of sp³-hybridized carbons (Fsp3) is 0.136. The lowest BCUT2D eigenvalue weighted by molar-refractivity contribution is -0.742. The Bertz CT molecular complexity index is 5820. The minimum atomic E-state index is -0.557. The summed E-state index contributed by atoms with van der Waals surface area (Å²) < 4.78 is 47.7. The standard InChI is InChI=1S/C17H13N4.C16H15F2N2.3C16H14N3/c1-12-7-13(9-18)8-15(10-19)17(12)21-16-6-4-3-5-14(16)11-20(21)2;1-10-8-12(17)9-14(18)16(10)20-15-7-5-4-6-13(15)11(2)19(20)3;1-12-6-5-8-13(10-17)16(12)19-15-9-4-3-7-14(15)11-18(19)2;1-12-9-13(10-17)7-8-15(12)19-16-6-4-3-5-14(16)11-18(19)2;1-12-7-8-13(10-17)9-16(12)19-15-6-4-3-5-14(15)11-18(19)2/h3-8,11H,1-2H3;4-9H,1-3H3;3*3-9,11H,1-2H3/q5*+1. The molecule has 478 valence electrons. The van der Waals surface area contributed by atoms with Crippen LogP contribution in [0.1, 0.15) is 61.3 Å². The van der Waals surface area contributed by atoms with E-state index < -0.39 is 11.6 Å². The molecule has 0 atom stereocenters. The molecule has 0 bridgehead atoms. The topological polar surface area (TPSA) is 163 Å². The van der Waals surface area contributed by atoms with Crippen LogP contribution in [0, 0.1) is 110 Å². The second-order valence-electron chi connectivity index (χ2n) is 24.0. The number of para-hydroxylation sites is 6. The first-order chi connectivity index (χ1) is 47.3. The minimum Gasteiger partial charge on any atom is -0.207 e. The lowest BCUT2D eigenvalue weighted by Gasteiger charge is -2.08. The molecule has 0 saturated heterocycles. The molecule has 0 aliphatic carbocycles. The van der Waals surface area contributed by atoms with Crippen LogP contribution in [-0.4, -0.2) is 23.4 Å². The molecule has 15 aromatic rings. The molecule has 5 heterocycles. The molecule has 0 spiro atoms. The Kier molecular flexibility index (Phi) is 19.1. The maximum atomic E-state index is 14.2. The first kappa shape index (κ1) is 66.3. The molecular weight excluding hydrogens is 1220 g/mol. The van der Waals surface area contributed by atoms with E-state index in [1.165, 1.54) is 16.8 Å². The molecule has 0 aliphatic heterocycles. The molecule has 17 heteroatoms. The van der Waals surface area contributed by atoms with E-state index in [0.29, 0.717) is 39.1 Å². The number of aryl methyl sites for hydroxylation is 10. The summed E-state index contributed by atoms with van der Waals surface area (Å²) in [5.41, 5.74) is 18.6. The van der Waals surface area contributed by atoms with Crippen LogP contribution in [0.25, 0.3) is 83.0 Å². The molecule has 10 aromatic carbocycles. The quantitative estimate of drug-likeness (QED) is 0.156. The summed E-state index contributed by atoms with van der Waals surface area (Å²) in [4.78, 5) is 0. The van der Waals surface area contributed by atoms with Crippen molar-refractivity contribution in [3.63, 3.8) is 0 Å². The van der Waals surface area contributed by atoms with Crippen molar-refractivity contribution in [3.8, 4) is 58.8 Å². The molecule has 5 aromatic heterocycles. The van der Waals surface area contributed by atoms with Gasteiger partial charge in [-0.3, -0.25) is 0 Å². The van der Waals surface area contributed by atoms with Crippen molar-refractivity contribution >= 4 is 54.5 Å². The monoisotopic (exact) mass is 1290 g/mol. The number of rotatable bonds is 5. The Morgan fingerprint density at radius 1 is 0.357 bits per heavy atom. The van der Waals surface area contributed by atoms with E-state index in [1.807, 2.05) is 238 Å². The van der Waals surface area contributed by atoms with Gasteiger partial charge >= 0.3 is 0 Å². The first-order valence-corrected chi connectivity index (χ1v) is 31.5. The number of nitrogens with zero attached hydrogens (tertiary/aromatic N) is 15. The molecule has 0 saturated carbocycles. The summed E-state index contributed by atoms with van der Waals surface area (Å²) in [6, 6.07) is 74.6. The van der Waals surface area contributed by atoms with Crippen LogP contribution >= 0.6 is 0 Å². The van der Waals surface area contributed by atoms with Gasteiger partial charge in [-0.2, -0.15) is 35.4 Å². The summed E-state index contributed by atoms with van der Waals surface area (Å²) in [5, 5.41) is 51.6. The Hall–Kier alpha value is -13.1. The molecule has 0 N–H and O–H groups in total. The van der Waals surface area contributed by atoms with Crippen LogP contribution < -0.4 is 23.4 Å². The lowest BCUT2D eigenvalue weighted by atomic mass is 10.0. The van der Waals surface area contributed by atoms with Crippen molar-refractivity contribution in [2.24, 2.45) is 35.2 Å². The second kappa shape index (κ2) is 28.2. The van der Waals surface area contributed by atoms with E-state index in [2.05, 4.69) is 111 Å². The lowest BCUT2D eigenvalue weighted by Crippen LogP contribution is -2.41. The van der Waals surface area contributed by atoms with Crippen molar-refractivity contribution in [2.75, 3.05) is 0 Å². The third-order valence-corrected chi connectivity index (χ3v) is 17.4. The molecule has 98 heavy (non-hydrogen) atoms. The van der Waals surface area contributed by atoms with E-state index in [-0.39, 0.29) is 0 Å². The highest BCUT2D eigenvalue weighted by Gasteiger charge is 2.28. The van der Waals surface area contributed by atoms with Gasteiger partial charge in [0.25, 0.3) is 5.69 Å².